The molecule has 0 spiro atoms. The fourth-order valence-corrected chi connectivity index (χ4v) is 15.9. The number of thiophene rings is 3. The maximum atomic E-state index is 2.46. The zero-order chi connectivity index (χ0) is 46.1. The highest BCUT2D eigenvalue weighted by molar-refractivity contribution is 7.26. The summed E-state index contributed by atoms with van der Waals surface area (Å²) in [5.74, 6) is 0. The topological polar surface area (TPSA) is 0 Å². The van der Waals surface area contributed by atoms with Crippen molar-refractivity contribution in [2.24, 2.45) is 0 Å². The van der Waals surface area contributed by atoms with Gasteiger partial charge in [0.2, 0.25) is 0 Å². The van der Waals surface area contributed by atoms with E-state index in [0.717, 1.165) is 0 Å². The summed E-state index contributed by atoms with van der Waals surface area (Å²) in [7, 11) is 0. The summed E-state index contributed by atoms with van der Waals surface area (Å²) in [5, 5.41) is 23.7. The lowest BCUT2D eigenvalue weighted by Crippen LogP contribution is -1.89. The molecule has 0 atom stereocenters. The van der Waals surface area contributed by atoms with Gasteiger partial charge < -0.3 is 0 Å². The molecule has 3 heteroatoms. The van der Waals surface area contributed by atoms with Gasteiger partial charge in [0.15, 0.2) is 0 Å². The smallest absolute Gasteiger partial charge is 0.0361 e. The molecule has 0 aliphatic rings. The maximum absolute atomic E-state index is 2.46. The van der Waals surface area contributed by atoms with Gasteiger partial charge >= 0.3 is 0 Å². The summed E-state index contributed by atoms with van der Waals surface area (Å²) < 4.78 is 7.98. The lowest BCUT2D eigenvalue weighted by Gasteiger charge is -2.17. The second kappa shape index (κ2) is 14.2. The summed E-state index contributed by atoms with van der Waals surface area (Å²) in [6, 6.07) is 83.3. The van der Waals surface area contributed by atoms with E-state index in [-0.39, 0.29) is 0 Å². The minimum atomic E-state index is 1.25. The predicted octanol–water partition coefficient (Wildman–Crippen LogP) is 21.3. The number of hydrogen-bond acceptors (Lipinski definition) is 3. The SMILES string of the molecule is c1ccc2c(c1)sc1cc(-c3ccc4ccc5c(-c6ccc7sc8ccc(-c9ccc%10ccc%11c(-c%12ccc%13c(c%12)sc%12ccccc%12%13)ccc%12ccc9c%10c%12%11)cc8c7c6)ccc6ccc3c4c65)ccc12. The van der Waals surface area contributed by atoms with Crippen molar-refractivity contribution in [3.63, 3.8) is 0 Å². The average molecular weight is 949 g/mol. The van der Waals surface area contributed by atoms with Crippen molar-refractivity contribution in [2.75, 3.05) is 0 Å². The monoisotopic (exact) mass is 948 g/mol. The van der Waals surface area contributed by atoms with Crippen LogP contribution in [0.25, 0.3) is 170 Å². The zero-order valence-electron chi connectivity index (χ0n) is 38.0. The first-order chi connectivity index (χ1) is 35.1. The Morgan fingerprint density at radius 1 is 0.183 bits per heavy atom. The first kappa shape index (κ1) is 38.6. The minimum absolute atomic E-state index is 1.25. The average Bonchev–Trinajstić information content (AvgIpc) is 4.11. The van der Waals surface area contributed by atoms with Crippen molar-refractivity contribution in [2.45, 2.75) is 0 Å². The first-order valence-electron chi connectivity index (χ1n) is 24.4. The fourth-order valence-electron chi connectivity index (χ4n) is 12.5. The molecule has 14 aromatic carbocycles. The number of benzene rings is 14. The highest BCUT2D eigenvalue weighted by Gasteiger charge is 2.20. The molecular formula is C68H36S3. The van der Waals surface area contributed by atoms with E-state index in [1.165, 1.54) is 170 Å². The summed E-state index contributed by atoms with van der Waals surface area (Å²) in [6.45, 7) is 0. The second-order valence-corrected chi connectivity index (χ2v) is 22.7. The predicted molar refractivity (Wildman–Crippen MR) is 314 cm³/mol. The quantitative estimate of drug-likeness (QED) is 0.154. The van der Waals surface area contributed by atoms with Crippen LogP contribution in [-0.4, -0.2) is 0 Å². The number of fused-ring (bicyclic) bond motifs is 9. The largest absolute Gasteiger partial charge is 0.135 e. The standard InChI is InChI=1S/C68H36S3/c1-3-7-59-49(5-1)51-25-17-43(35-63(51)70-59)47-23-11-39-13-27-53-45(21-9-37-15-29-55(47)67(39)65(37)53)41-19-31-61-57(33-41)58-34-42(20-32-62(58)69-61)46-22-10-38-16-30-56-48(24-12-40-14-28-54(46)66(38)68(40)56)44-18-26-52-50-6-2-4-8-60(50)71-64(52)36-44/h1-36H. The third-order valence-electron chi connectivity index (χ3n) is 15.8. The van der Waals surface area contributed by atoms with Gasteiger partial charge in [-0.1, -0.05) is 170 Å². The highest BCUT2D eigenvalue weighted by atomic mass is 32.1. The van der Waals surface area contributed by atoms with E-state index in [4.69, 9.17) is 0 Å². The molecule has 0 radical (unpaired) electrons. The molecule has 0 saturated heterocycles. The maximum Gasteiger partial charge on any atom is 0.0361 e. The van der Waals surface area contributed by atoms with Gasteiger partial charge in [-0.15, -0.1) is 34.0 Å². The minimum Gasteiger partial charge on any atom is -0.135 e. The third kappa shape index (κ3) is 5.43. The Bertz CT molecular complexity index is 4800. The molecule has 71 heavy (non-hydrogen) atoms. The van der Waals surface area contributed by atoms with Crippen LogP contribution in [0.15, 0.2) is 218 Å². The van der Waals surface area contributed by atoms with E-state index in [2.05, 4.69) is 218 Å². The number of hydrogen-bond donors (Lipinski definition) is 0. The van der Waals surface area contributed by atoms with Crippen molar-refractivity contribution in [1.29, 1.82) is 0 Å². The van der Waals surface area contributed by atoms with Crippen LogP contribution < -0.4 is 0 Å². The molecule has 0 N–H and O–H groups in total. The van der Waals surface area contributed by atoms with Crippen LogP contribution in [0.4, 0.5) is 0 Å². The molecule has 0 aliphatic carbocycles. The molecule has 3 aromatic heterocycles. The molecule has 0 unspecified atom stereocenters. The Kier molecular flexibility index (Phi) is 7.74. The zero-order valence-corrected chi connectivity index (χ0v) is 40.5. The first-order valence-corrected chi connectivity index (χ1v) is 26.8. The van der Waals surface area contributed by atoms with Crippen molar-refractivity contribution in [3.05, 3.63) is 218 Å². The Morgan fingerprint density at radius 3 is 0.859 bits per heavy atom. The van der Waals surface area contributed by atoms with E-state index in [9.17, 15) is 0 Å². The fraction of sp³-hybridized carbons (Fsp3) is 0. The van der Waals surface area contributed by atoms with E-state index >= 15 is 0 Å². The molecule has 17 rings (SSSR count). The van der Waals surface area contributed by atoms with Gasteiger partial charge in [-0.3, -0.25) is 0 Å². The summed E-state index contributed by atoms with van der Waals surface area (Å²) in [5.41, 5.74) is 10.2. The molecule has 0 saturated carbocycles. The van der Waals surface area contributed by atoms with Gasteiger partial charge in [-0.2, -0.15) is 0 Å². The molecule has 17 aromatic rings. The summed E-state index contributed by atoms with van der Waals surface area (Å²) >= 11 is 5.67. The Labute approximate surface area is 419 Å². The summed E-state index contributed by atoms with van der Waals surface area (Å²) in [4.78, 5) is 0. The van der Waals surface area contributed by atoms with Gasteiger partial charge in [-0.25, -0.2) is 0 Å². The van der Waals surface area contributed by atoms with Gasteiger partial charge in [0, 0.05) is 60.5 Å². The van der Waals surface area contributed by atoms with Crippen LogP contribution in [0, 0.1) is 0 Å². The molecule has 0 aliphatic heterocycles. The van der Waals surface area contributed by atoms with Gasteiger partial charge in [-0.05, 0) is 158 Å². The van der Waals surface area contributed by atoms with Crippen molar-refractivity contribution in [3.8, 4) is 44.5 Å². The molecule has 326 valence electrons. The third-order valence-corrected chi connectivity index (χ3v) is 19.2. The van der Waals surface area contributed by atoms with Crippen LogP contribution >= 0.6 is 34.0 Å². The van der Waals surface area contributed by atoms with Crippen LogP contribution in [0.2, 0.25) is 0 Å². The molecule has 0 fully saturated rings. The van der Waals surface area contributed by atoms with Crippen molar-refractivity contribution < 1.29 is 0 Å². The molecule has 0 amide bonds. The Balaban J connectivity index is 0.793. The van der Waals surface area contributed by atoms with E-state index in [0.29, 0.717) is 0 Å². The Hall–Kier alpha value is -8.18. The van der Waals surface area contributed by atoms with Gasteiger partial charge in [0.05, 0.1) is 0 Å². The van der Waals surface area contributed by atoms with Crippen LogP contribution in [0.5, 0.6) is 0 Å². The lowest BCUT2D eigenvalue weighted by molar-refractivity contribution is 1.70. The normalized spacial score (nSPS) is 12.5. The molecule has 0 bridgehead atoms. The molecular weight excluding hydrogens is 913 g/mol. The van der Waals surface area contributed by atoms with E-state index in [1.807, 2.05) is 34.0 Å². The van der Waals surface area contributed by atoms with Crippen molar-refractivity contribution >= 4 is 159 Å². The Morgan fingerprint density at radius 2 is 0.465 bits per heavy atom. The van der Waals surface area contributed by atoms with Crippen LogP contribution in [0.3, 0.4) is 0 Å². The lowest BCUT2D eigenvalue weighted by atomic mass is 9.86. The van der Waals surface area contributed by atoms with E-state index in [1.54, 1.807) is 0 Å². The van der Waals surface area contributed by atoms with Crippen molar-refractivity contribution in [1.82, 2.24) is 0 Å². The molecule has 0 nitrogen and oxygen atoms in total. The summed E-state index contributed by atoms with van der Waals surface area (Å²) in [6.07, 6.45) is 0. The van der Waals surface area contributed by atoms with Crippen LogP contribution in [0.1, 0.15) is 0 Å². The van der Waals surface area contributed by atoms with Crippen LogP contribution in [-0.2, 0) is 0 Å². The van der Waals surface area contributed by atoms with Gasteiger partial charge in [0.25, 0.3) is 0 Å². The highest BCUT2D eigenvalue weighted by Crippen LogP contribution is 2.48. The second-order valence-electron chi connectivity index (χ2n) is 19.4. The molecule has 3 heterocycles. The number of rotatable bonds is 4. The van der Waals surface area contributed by atoms with Gasteiger partial charge in [0.1, 0.15) is 0 Å². The van der Waals surface area contributed by atoms with E-state index < -0.39 is 0 Å².